The number of carbonyl (C=O) groups excluding carboxylic acids is 4. The first kappa shape index (κ1) is 63.3. The number of ether oxygens (including phenoxy) is 1. The highest BCUT2D eigenvalue weighted by atomic mass is 32.2. The molecule has 0 aromatic carbocycles. The minimum atomic E-state index is -5.94. The number of nitrogens with zero attached hydrogens (tertiary/aromatic N) is 4. The van der Waals surface area contributed by atoms with Crippen LogP contribution in [-0.2, 0) is 55.5 Å². The number of nitrogens with two attached hydrogens (primary N) is 1. The lowest BCUT2D eigenvalue weighted by Gasteiger charge is -2.36. The van der Waals surface area contributed by atoms with Gasteiger partial charge in [0.25, 0.3) is 15.6 Å². The number of Topliss-reactive ketones (excluding diaryl/α,β-unsaturated/α-hetero) is 1. The molecule has 1 saturated heterocycles. The maximum Gasteiger partial charge on any atom is 0.274 e. The number of fused-ring (bicyclic) bond motifs is 1. The van der Waals surface area contributed by atoms with Crippen LogP contribution in [0.5, 0.6) is 0 Å². The Morgan fingerprint density at radius 1 is 0.875 bits per heavy atom. The van der Waals surface area contributed by atoms with Gasteiger partial charge in [0.2, 0.25) is 11.8 Å². The van der Waals surface area contributed by atoms with E-state index in [0.717, 1.165) is 73.9 Å². The molecule has 1 aliphatic rings. The van der Waals surface area contributed by atoms with Crippen molar-refractivity contribution in [2.45, 2.75) is 167 Å². The van der Waals surface area contributed by atoms with E-state index in [2.05, 4.69) is 62.5 Å². The molecule has 3 rings (SSSR count). The summed E-state index contributed by atoms with van der Waals surface area (Å²) in [5.41, 5.74) is 4.05. The van der Waals surface area contributed by atoms with E-state index >= 15 is 0 Å². The van der Waals surface area contributed by atoms with Gasteiger partial charge in [-0.1, -0.05) is 109 Å². The fourth-order valence-electron chi connectivity index (χ4n) is 7.32. The lowest BCUT2D eigenvalue weighted by molar-refractivity contribution is -0.347. The molecule has 0 aliphatic carbocycles. The number of nitrogens with one attached hydrogen (secondary N) is 2. The molecule has 0 saturated carbocycles. The topological polar surface area (TPSA) is 392 Å². The van der Waals surface area contributed by atoms with Crippen LogP contribution in [0.3, 0.4) is 0 Å². The normalized spacial score (nSPS) is 19.6. The van der Waals surface area contributed by atoms with Crippen LogP contribution in [0.1, 0.15) is 143 Å². The first-order valence-corrected chi connectivity index (χ1v) is 29.5. The molecule has 410 valence electrons. The number of aliphatic hydroxyl groups is 2. The van der Waals surface area contributed by atoms with Crippen LogP contribution >= 0.6 is 35.2 Å². The number of thioether (sulfide) groups is 1. The number of imidazole rings is 1. The van der Waals surface area contributed by atoms with Crippen molar-refractivity contribution in [3.8, 4) is 0 Å². The minimum Gasteiger partial charge on any atom is -0.790 e. The average molecular weight is 1100 g/mol. The molecule has 29 heteroatoms. The summed E-state index contributed by atoms with van der Waals surface area (Å²) in [6.45, 7) is 2.17. The van der Waals surface area contributed by atoms with Gasteiger partial charge in [-0.2, -0.15) is 0 Å². The number of ketones is 1. The van der Waals surface area contributed by atoms with E-state index in [4.69, 9.17) is 10.5 Å². The second-order valence-electron chi connectivity index (χ2n) is 18.0. The molecule has 2 unspecified atom stereocenters. The van der Waals surface area contributed by atoms with Crippen LogP contribution in [0.2, 0.25) is 0 Å². The molecule has 2 amide bonds. The van der Waals surface area contributed by atoms with E-state index < -0.39 is 84.6 Å². The van der Waals surface area contributed by atoms with Crippen molar-refractivity contribution in [1.29, 1.82) is 0 Å². The number of hydrogen-bond donors (Lipinski definition) is 5. The largest absolute Gasteiger partial charge is 0.790 e. The van der Waals surface area contributed by atoms with Gasteiger partial charge in [-0.05, 0) is 32.1 Å². The highest BCUT2D eigenvalue weighted by Crippen LogP contribution is 2.56. The number of phosphoric acid groups is 3. The van der Waals surface area contributed by atoms with E-state index in [1.165, 1.54) is 65.2 Å². The van der Waals surface area contributed by atoms with Crippen LogP contribution in [0.15, 0.2) is 24.8 Å². The summed E-state index contributed by atoms with van der Waals surface area (Å²) in [5.74, 6) is -1.52. The molecule has 72 heavy (non-hydrogen) atoms. The Kier molecular flexibility index (Phi) is 27.9. The molecule has 1 aliphatic heterocycles. The first-order valence-electron chi connectivity index (χ1n) is 24.1. The van der Waals surface area contributed by atoms with E-state index in [1.807, 2.05) is 0 Å². The van der Waals surface area contributed by atoms with Gasteiger partial charge < -0.3 is 69.0 Å². The second kappa shape index (κ2) is 31.8. The third-order valence-electron chi connectivity index (χ3n) is 11.3. The van der Waals surface area contributed by atoms with Crippen LogP contribution in [0, 0.1) is 5.41 Å². The molecule has 1 fully saturated rings. The molecule has 0 radical (unpaired) electrons. The number of rotatable bonds is 38. The van der Waals surface area contributed by atoms with Crippen LogP contribution < -0.4 is 35.9 Å². The van der Waals surface area contributed by atoms with Crippen LogP contribution in [0.25, 0.3) is 11.2 Å². The van der Waals surface area contributed by atoms with E-state index in [-0.39, 0.29) is 59.6 Å². The summed E-state index contributed by atoms with van der Waals surface area (Å²) < 4.78 is 60.8. The highest BCUT2D eigenvalue weighted by molar-refractivity contribution is 8.13. The third-order valence-corrected chi connectivity index (χ3v) is 15.2. The molecule has 7 atom stereocenters. The van der Waals surface area contributed by atoms with E-state index in [0.29, 0.717) is 6.42 Å². The van der Waals surface area contributed by atoms with Crippen molar-refractivity contribution in [3.63, 3.8) is 0 Å². The Balaban J connectivity index is 1.27. The number of carbonyl (C=O) groups is 4. The van der Waals surface area contributed by atoms with Crippen LogP contribution in [-0.4, -0.2) is 109 Å². The number of aromatic nitrogens is 4. The van der Waals surface area contributed by atoms with Gasteiger partial charge >= 0.3 is 0 Å². The van der Waals surface area contributed by atoms with Gasteiger partial charge in [-0.3, -0.25) is 32.9 Å². The fraction of sp³-hybridized carbons (Fsp3) is 0.744. The summed E-state index contributed by atoms with van der Waals surface area (Å²) in [7, 11) is -17.7. The molecule has 2 aromatic rings. The summed E-state index contributed by atoms with van der Waals surface area (Å²) in [6, 6.07) is 0. The number of phosphoric ester groups is 3. The predicted octanol–water partition coefficient (Wildman–Crippen LogP) is 2.91. The Hall–Kier alpha value is -3.03. The van der Waals surface area contributed by atoms with Crippen molar-refractivity contribution in [3.05, 3.63) is 24.8 Å². The average Bonchev–Trinajstić information content (AvgIpc) is 3.86. The maximum absolute atomic E-state index is 12.7. The predicted molar refractivity (Wildman–Crippen MR) is 257 cm³/mol. The lowest BCUT2D eigenvalue weighted by atomic mass is 9.87. The Morgan fingerprint density at radius 3 is 2.12 bits per heavy atom. The van der Waals surface area contributed by atoms with Crippen molar-refractivity contribution >= 4 is 74.9 Å². The summed E-state index contributed by atoms with van der Waals surface area (Å²) in [5, 5.41) is 26.1. The van der Waals surface area contributed by atoms with Crippen molar-refractivity contribution < 1.29 is 85.3 Å². The van der Waals surface area contributed by atoms with E-state index in [9.17, 15) is 62.7 Å². The fourth-order valence-corrected chi connectivity index (χ4v) is 10.7. The molecular weight excluding hydrogens is 1030 g/mol. The third kappa shape index (κ3) is 24.1. The van der Waals surface area contributed by atoms with Gasteiger partial charge in [-0.15, -0.1) is 0 Å². The van der Waals surface area contributed by atoms with E-state index in [1.54, 1.807) is 0 Å². The van der Waals surface area contributed by atoms with Gasteiger partial charge in [0.1, 0.15) is 42.0 Å². The molecular formula is C43H70N7O18P3S-4. The molecule has 6 N–H and O–H groups in total. The molecule has 0 bridgehead atoms. The minimum absolute atomic E-state index is 0.0259. The standard InChI is InChI=1S/C43H74N7O18P3S/c1-4-5-6-7-8-9-10-11-12-13-14-15-16-17-18-19-20-21-31(51)26-34(53)72-25-24-45-33(52)22-23-46-41(56)38(55)43(2,3)28-65-71(62,63)68-70(60,61)64-27-32-37(67-69(57,58)59)36(54)42(66-32)50-30-49-35-39(44)47-29-48-40(35)50/h13-14,29-30,32,36-38,42,54-55H,4-12,15-28H2,1-3H3,(H,45,52)(H,46,56)(H,60,61)(H,62,63)(H2,44,47,48)(H2,57,58,59)/p-4/b14-13-/t32-,36-,37-,38+,42-/m1/s1. The summed E-state index contributed by atoms with van der Waals surface area (Å²) in [4.78, 5) is 109. The Labute approximate surface area is 424 Å². The van der Waals surface area contributed by atoms with Gasteiger partial charge in [-0.25, -0.2) is 19.3 Å². The number of aliphatic hydroxyl groups excluding tert-OH is 2. The smallest absolute Gasteiger partial charge is 0.274 e. The van der Waals surface area contributed by atoms with Crippen molar-refractivity contribution in [2.24, 2.45) is 5.41 Å². The molecule has 0 spiro atoms. The quantitative estimate of drug-likeness (QED) is 0.0279. The van der Waals surface area contributed by atoms with Gasteiger partial charge in [0, 0.05) is 37.1 Å². The van der Waals surface area contributed by atoms with Crippen molar-refractivity contribution in [1.82, 2.24) is 30.2 Å². The molecule has 3 heterocycles. The number of allylic oxidation sites excluding steroid dienone is 2. The number of nitrogen functional groups attached to an aromatic ring is 1. The van der Waals surface area contributed by atoms with Gasteiger partial charge in [0.15, 0.2) is 22.8 Å². The lowest BCUT2D eigenvalue weighted by Crippen LogP contribution is -2.46. The van der Waals surface area contributed by atoms with Crippen molar-refractivity contribution in [2.75, 3.05) is 37.8 Å². The molecule has 2 aromatic heterocycles. The number of hydrogen-bond acceptors (Lipinski definition) is 23. The zero-order valence-electron chi connectivity index (χ0n) is 41.0. The first-order chi connectivity index (χ1) is 33.9. The number of amides is 2. The monoisotopic (exact) mass is 1100 g/mol. The Morgan fingerprint density at radius 2 is 1.49 bits per heavy atom. The second-order valence-corrected chi connectivity index (χ2v) is 23.2. The summed E-state index contributed by atoms with van der Waals surface area (Å²) >= 11 is 0.925. The number of anilines is 1. The maximum atomic E-state index is 12.7. The Bertz CT molecular complexity index is 2200. The highest BCUT2D eigenvalue weighted by Gasteiger charge is 2.47. The zero-order valence-corrected chi connectivity index (χ0v) is 44.5. The SMILES string of the molecule is CCCCCCCCCC/C=C\CCCCCCCC(=O)CC(=O)SCCNC(=O)CCNC(=O)[C@H](O)C(C)(C)COP(=O)([O-])OP(=O)([O-])OC[C@H]1O[C@@H](n2cnc3c(N)ncnc32)[C@H](O)[C@@H]1OP(=O)([O-])[O-]. The van der Waals surface area contributed by atoms with Crippen LogP contribution in [0.4, 0.5) is 5.82 Å². The zero-order chi connectivity index (χ0) is 53.4. The summed E-state index contributed by atoms with van der Waals surface area (Å²) in [6.07, 6.45) is 14.7. The number of unbranched alkanes of at least 4 members (excludes halogenated alkanes) is 13. The van der Waals surface area contributed by atoms with Gasteiger partial charge in [0.05, 0.1) is 33.8 Å². The molecule has 25 nitrogen and oxygen atoms in total.